The summed E-state index contributed by atoms with van der Waals surface area (Å²) in [5.74, 6) is 0.489. The summed E-state index contributed by atoms with van der Waals surface area (Å²) in [5, 5.41) is 3.76. The minimum Gasteiger partial charge on any atom is -0.349 e. The van der Waals surface area contributed by atoms with Crippen molar-refractivity contribution < 1.29 is 22.4 Å². The van der Waals surface area contributed by atoms with Crippen molar-refractivity contribution >= 4 is 16.9 Å². The molecule has 1 fully saturated rings. The van der Waals surface area contributed by atoms with E-state index < -0.39 is 18.4 Å². The number of aryl methyl sites for hydroxylation is 1. The lowest BCUT2D eigenvalue weighted by Gasteiger charge is -2.28. The fraction of sp³-hybridized carbons (Fsp3) is 0.462. The molecule has 0 aliphatic heterocycles. The van der Waals surface area contributed by atoms with Crippen molar-refractivity contribution in [2.45, 2.75) is 64.2 Å². The quantitative estimate of drug-likeness (QED) is 0.407. The number of benzene rings is 1. The van der Waals surface area contributed by atoms with E-state index in [1.807, 2.05) is 0 Å². The molecule has 1 N–H and O–H groups in total. The second kappa shape index (κ2) is 10.2. The maximum atomic E-state index is 13.3. The number of hydrogen-bond acceptors (Lipinski definition) is 2. The molecule has 1 aliphatic rings. The van der Waals surface area contributed by atoms with Gasteiger partial charge in [0.05, 0.1) is 17.7 Å². The van der Waals surface area contributed by atoms with Crippen molar-refractivity contribution in [2.75, 3.05) is 6.67 Å². The standard InChI is InChI=1S/C26H29F4N3O/c1-2-17-5-9-21(10-6-17)32-25(34)22-16-33(14-12-27)24-23(22)19(11-13-31-24)15-18-3-7-20(8-4-18)26(28,29)30/h3-4,7-8,11,13,16-17,21H,2,5-6,9-10,12,14-15H2,1H3,(H,32,34). The molecule has 0 unspecified atom stereocenters. The first kappa shape index (κ1) is 24.2. The van der Waals surface area contributed by atoms with Crippen LogP contribution in [0.15, 0.2) is 42.7 Å². The average Bonchev–Trinajstić information content (AvgIpc) is 3.19. The Balaban J connectivity index is 1.63. The number of nitrogens with one attached hydrogen (secondary N) is 1. The van der Waals surface area contributed by atoms with Gasteiger partial charge in [0, 0.05) is 23.8 Å². The Morgan fingerprint density at radius 2 is 1.82 bits per heavy atom. The predicted octanol–water partition coefficient (Wildman–Crippen LogP) is 6.31. The molecule has 1 aliphatic carbocycles. The van der Waals surface area contributed by atoms with Crippen molar-refractivity contribution in [3.8, 4) is 0 Å². The van der Waals surface area contributed by atoms with E-state index >= 15 is 0 Å². The summed E-state index contributed by atoms with van der Waals surface area (Å²) in [6.07, 6.45) is 4.36. The molecular formula is C26H29F4N3O. The highest BCUT2D eigenvalue weighted by molar-refractivity contribution is 6.07. The zero-order chi connectivity index (χ0) is 24.3. The van der Waals surface area contributed by atoms with Gasteiger partial charge >= 0.3 is 6.18 Å². The Hall–Kier alpha value is -2.90. The van der Waals surface area contributed by atoms with E-state index in [1.165, 1.54) is 12.1 Å². The molecule has 0 bridgehead atoms. The van der Waals surface area contributed by atoms with E-state index in [4.69, 9.17) is 0 Å². The van der Waals surface area contributed by atoms with E-state index in [0.29, 0.717) is 34.5 Å². The molecule has 0 atom stereocenters. The lowest BCUT2D eigenvalue weighted by Crippen LogP contribution is -2.37. The molecule has 3 aromatic rings. The fourth-order valence-corrected chi connectivity index (χ4v) is 4.87. The molecule has 1 saturated carbocycles. The molecule has 0 saturated heterocycles. The summed E-state index contributed by atoms with van der Waals surface area (Å²) in [6.45, 7) is 1.66. The summed E-state index contributed by atoms with van der Waals surface area (Å²) in [5.41, 5.74) is 1.67. The number of carbonyl (C=O) groups excluding carboxylic acids is 1. The van der Waals surface area contributed by atoms with Gasteiger partial charge in [-0.2, -0.15) is 13.2 Å². The van der Waals surface area contributed by atoms with Crippen molar-refractivity contribution in [3.63, 3.8) is 0 Å². The largest absolute Gasteiger partial charge is 0.416 e. The number of carbonyl (C=O) groups is 1. The fourth-order valence-electron chi connectivity index (χ4n) is 4.87. The number of pyridine rings is 1. The lowest BCUT2D eigenvalue weighted by molar-refractivity contribution is -0.137. The molecule has 2 aromatic heterocycles. The van der Waals surface area contributed by atoms with Crippen LogP contribution in [0.4, 0.5) is 17.6 Å². The summed E-state index contributed by atoms with van der Waals surface area (Å²) in [7, 11) is 0. The number of alkyl halides is 4. The molecule has 0 radical (unpaired) electrons. The first-order chi connectivity index (χ1) is 16.3. The third kappa shape index (κ3) is 5.26. The summed E-state index contributed by atoms with van der Waals surface area (Å²) >= 11 is 0. The molecular weight excluding hydrogens is 446 g/mol. The minimum absolute atomic E-state index is 0.0715. The molecule has 182 valence electrons. The van der Waals surface area contributed by atoms with E-state index in [1.54, 1.807) is 23.0 Å². The third-order valence-corrected chi connectivity index (χ3v) is 6.85. The molecule has 1 amide bonds. The number of hydrogen-bond donors (Lipinski definition) is 1. The van der Waals surface area contributed by atoms with Crippen LogP contribution in [-0.4, -0.2) is 28.2 Å². The van der Waals surface area contributed by atoms with Gasteiger partial charge in [-0.1, -0.05) is 25.5 Å². The maximum Gasteiger partial charge on any atom is 0.416 e. The summed E-state index contributed by atoms with van der Waals surface area (Å²) in [6, 6.07) is 6.87. The first-order valence-electron chi connectivity index (χ1n) is 11.8. The molecule has 4 nitrogen and oxygen atoms in total. The van der Waals surface area contributed by atoms with Gasteiger partial charge in [0.2, 0.25) is 0 Å². The van der Waals surface area contributed by atoms with Gasteiger partial charge in [-0.05, 0) is 67.3 Å². The number of halogens is 4. The van der Waals surface area contributed by atoms with Crippen LogP contribution >= 0.6 is 0 Å². The van der Waals surface area contributed by atoms with E-state index in [0.717, 1.165) is 49.8 Å². The van der Waals surface area contributed by atoms with Crippen LogP contribution < -0.4 is 5.32 Å². The molecule has 34 heavy (non-hydrogen) atoms. The Kier molecular flexibility index (Phi) is 7.24. The Labute approximate surface area is 196 Å². The zero-order valence-electron chi connectivity index (χ0n) is 19.2. The lowest BCUT2D eigenvalue weighted by atomic mass is 9.84. The van der Waals surface area contributed by atoms with Gasteiger partial charge in [-0.15, -0.1) is 0 Å². The average molecular weight is 476 g/mol. The molecule has 1 aromatic carbocycles. The highest BCUT2D eigenvalue weighted by Crippen LogP contribution is 2.31. The highest BCUT2D eigenvalue weighted by atomic mass is 19.4. The number of fused-ring (bicyclic) bond motifs is 1. The monoisotopic (exact) mass is 475 g/mol. The van der Waals surface area contributed by atoms with Gasteiger partial charge in [0.15, 0.2) is 0 Å². The SMILES string of the molecule is CCC1CCC(NC(=O)c2cn(CCF)c3nccc(Cc4ccc(C(F)(F)F)cc4)c23)CC1. The van der Waals surface area contributed by atoms with E-state index in [-0.39, 0.29) is 18.5 Å². The molecule has 8 heteroatoms. The number of nitrogens with zero attached hydrogens (tertiary/aromatic N) is 2. The van der Waals surface area contributed by atoms with Crippen LogP contribution in [0.1, 0.15) is 66.1 Å². The predicted molar refractivity (Wildman–Crippen MR) is 123 cm³/mol. The second-order valence-corrected chi connectivity index (χ2v) is 9.06. The van der Waals surface area contributed by atoms with Crippen molar-refractivity contribution in [3.05, 3.63) is 65.0 Å². The Morgan fingerprint density at radius 1 is 1.12 bits per heavy atom. The van der Waals surface area contributed by atoms with Crippen molar-refractivity contribution in [1.29, 1.82) is 0 Å². The molecule has 4 rings (SSSR count). The van der Waals surface area contributed by atoms with Crippen LogP contribution in [0.25, 0.3) is 11.0 Å². The molecule has 2 heterocycles. The summed E-state index contributed by atoms with van der Waals surface area (Å²) in [4.78, 5) is 17.7. The van der Waals surface area contributed by atoms with Crippen LogP contribution in [0, 0.1) is 5.92 Å². The van der Waals surface area contributed by atoms with Crippen LogP contribution in [0.5, 0.6) is 0 Å². The number of rotatable bonds is 7. The Morgan fingerprint density at radius 3 is 2.44 bits per heavy atom. The van der Waals surface area contributed by atoms with Gasteiger partial charge in [-0.25, -0.2) is 9.37 Å². The topological polar surface area (TPSA) is 46.9 Å². The third-order valence-electron chi connectivity index (χ3n) is 6.85. The maximum absolute atomic E-state index is 13.3. The highest BCUT2D eigenvalue weighted by Gasteiger charge is 2.30. The minimum atomic E-state index is -4.40. The van der Waals surface area contributed by atoms with Crippen LogP contribution in [0.2, 0.25) is 0 Å². The van der Waals surface area contributed by atoms with E-state index in [9.17, 15) is 22.4 Å². The summed E-state index contributed by atoms with van der Waals surface area (Å²) < 4.78 is 53.6. The smallest absolute Gasteiger partial charge is 0.349 e. The van der Waals surface area contributed by atoms with Crippen molar-refractivity contribution in [1.82, 2.24) is 14.9 Å². The second-order valence-electron chi connectivity index (χ2n) is 9.06. The van der Waals surface area contributed by atoms with Crippen LogP contribution in [0.3, 0.4) is 0 Å². The Bertz CT molecular complexity index is 1130. The van der Waals surface area contributed by atoms with Gasteiger partial charge in [0.25, 0.3) is 5.91 Å². The van der Waals surface area contributed by atoms with Crippen LogP contribution in [-0.2, 0) is 19.1 Å². The van der Waals surface area contributed by atoms with Gasteiger partial charge in [-0.3, -0.25) is 4.79 Å². The number of amides is 1. The normalized spacial score (nSPS) is 18.9. The zero-order valence-corrected chi connectivity index (χ0v) is 19.2. The number of aromatic nitrogens is 2. The van der Waals surface area contributed by atoms with Gasteiger partial charge in [0.1, 0.15) is 12.3 Å². The van der Waals surface area contributed by atoms with Gasteiger partial charge < -0.3 is 9.88 Å². The first-order valence-corrected chi connectivity index (χ1v) is 11.8. The van der Waals surface area contributed by atoms with Crippen molar-refractivity contribution in [2.24, 2.45) is 5.92 Å². The van der Waals surface area contributed by atoms with E-state index in [2.05, 4.69) is 17.2 Å². The molecule has 0 spiro atoms.